The molecule has 0 aliphatic carbocycles. The number of anilines is 2. The molecular formula is C12H10ClN3S. The van der Waals surface area contributed by atoms with Gasteiger partial charge in [0.15, 0.2) is 0 Å². The Bertz CT molecular complexity index is 543. The third kappa shape index (κ3) is 2.93. The first-order chi connectivity index (χ1) is 8.16. The molecular weight excluding hydrogens is 254 g/mol. The first-order valence-corrected chi connectivity index (χ1v) is 5.72. The van der Waals surface area contributed by atoms with E-state index in [9.17, 15) is 0 Å². The lowest BCUT2D eigenvalue weighted by Gasteiger charge is -2.08. The molecule has 0 saturated heterocycles. The van der Waals surface area contributed by atoms with Gasteiger partial charge in [0.05, 0.1) is 16.9 Å². The minimum Gasteiger partial charge on any atom is -0.389 e. The Hall–Kier alpha value is -1.65. The Balaban J connectivity index is 2.24. The number of aromatic nitrogens is 1. The maximum Gasteiger partial charge on any atom is 0.105 e. The van der Waals surface area contributed by atoms with Gasteiger partial charge in [0, 0.05) is 17.4 Å². The summed E-state index contributed by atoms with van der Waals surface area (Å²) < 4.78 is 0. The van der Waals surface area contributed by atoms with Crippen LogP contribution in [0.4, 0.5) is 11.4 Å². The van der Waals surface area contributed by atoms with E-state index in [0.29, 0.717) is 15.6 Å². The first-order valence-electron chi connectivity index (χ1n) is 4.93. The molecule has 86 valence electrons. The highest BCUT2D eigenvalue weighted by molar-refractivity contribution is 7.80. The number of nitrogens with zero attached hydrogens (tertiary/aromatic N) is 1. The van der Waals surface area contributed by atoms with Crippen LogP contribution in [0.5, 0.6) is 0 Å². The van der Waals surface area contributed by atoms with Crippen LogP contribution in [0.15, 0.2) is 42.7 Å². The summed E-state index contributed by atoms with van der Waals surface area (Å²) in [7, 11) is 0. The van der Waals surface area contributed by atoms with Crippen LogP contribution in [-0.2, 0) is 0 Å². The summed E-state index contributed by atoms with van der Waals surface area (Å²) in [6.45, 7) is 0. The van der Waals surface area contributed by atoms with Crippen molar-refractivity contribution in [2.45, 2.75) is 0 Å². The van der Waals surface area contributed by atoms with Crippen LogP contribution in [0.3, 0.4) is 0 Å². The molecule has 17 heavy (non-hydrogen) atoms. The maximum absolute atomic E-state index is 6.07. The first kappa shape index (κ1) is 11.8. The zero-order chi connectivity index (χ0) is 12.3. The summed E-state index contributed by atoms with van der Waals surface area (Å²) in [5.41, 5.74) is 7.97. The number of hydrogen-bond donors (Lipinski definition) is 2. The highest BCUT2D eigenvalue weighted by Crippen LogP contribution is 2.23. The molecule has 1 aromatic carbocycles. The number of nitrogens with two attached hydrogens (primary N) is 1. The van der Waals surface area contributed by atoms with Crippen LogP contribution in [0.25, 0.3) is 0 Å². The Labute approximate surface area is 110 Å². The van der Waals surface area contributed by atoms with E-state index in [1.807, 2.05) is 18.2 Å². The zero-order valence-corrected chi connectivity index (χ0v) is 10.4. The van der Waals surface area contributed by atoms with Gasteiger partial charge in [0.25, 0.3) is 0 Å². The lowest BCUT2D eigenvalue weighted by atomic mass is 10.2. The SMILES string of the molecule is NC(=S)c1ccc(Nc2cccnc2)cc1Cl. The summed E-state index contributed by atoms with van der Waals surface area (Å²) in [5, 5.41) is 3.71. The van der Waals surface area contributed by atoms with Gasteiger partial charge >= 0.3 is 0 Å². The fraction of sp³-hybridized carbons (Fsp3) is 0. The van der Waals surface area contributed by atoms with Crippen molar-refractivity contribution in [3.63, 3.8) is 0 Å². The van der Waals surface area contributed by atoms with Gasteiger partial charge in [0.2, 0.25) is 0 Å². The van der Waals surface area contributed by atoms with Gasteiger partial charge < -0.3 is 11.1 Å². The third-order valence-electron chi connectivity index (χ3n) is 2.18. The van der Waals surface area contributed by atoms with Crippen LogP contribution < -0.4 is 11.1 Å². The molecule has 0 fully saturated rings. The Morgan fingerprint density at radius 1 is 1.29 bits per heavy atom. The van der Waals surface area contributed by atoms with E-state index in [0.717, 1.165) is 11.4 Å². The van der Waals surface area contributed by atoms with Gasteiger partial charge in [-0.1, -0.05) is 23.8 Å². The highest BCUT2D eigenvalue weighted by atomic mass is 35.5. The number of thiocarbonyl (C=S) groups is 1. The van der Waals surface area contributed by atoms with Crippen molar-refractivity contribution in [1.82, 2.24) is 4.98 Å². The molecule has 0 bridgehead atoms. The average molecular weight is 264 g/mol. The van der Waals surface area contributed by atoms with Crippen LogP contribution in [-0.4, -0.2) is 9.97 Å². The lowest BCUT2D eigenvalue weighted by Crippen LogP contribution is -2.09. The molecule has 1 heterocycles. The largest absolute Gasteiger partial charge is 0.389 e. The van der Waals surface area contributed by atoms with Crippen molar-refractivity contribution in [2.75, 3.05) is 5.32 Å². The van der Waals surface area contributed by atoms with Crippen molar-refractivity contribution in [2.24, 2.45) is 5.73 Å². The second kappa shape index (κ2) is 5.12. The molecule has 0 unspecified atom stereocenters. The monoisotopic (exact) mass is 263 g/mol. The van der Waals surface area contributed by atoms with Gasteiger partial charge in [-0.25, -0.2) is 0 Å². The van der Waals surface area contributed by atoms with Gasteiger partial charge in [-0.05, 0) is 30.3 Å². The summed E-state index contributed by atoms with van der Waals surface area (Å²) in [6.07, 6.45) is 3.45. The van der Waals surface area contributed by atoms with Crippen LogP contribution in [0, 0.1) is 0 Å². The molecule has 2 rings (SSSR count). The number of hydrogen-bond acceptors (Lipinski definition) is 3. The molecule has 0 atom stereocenters. The zero-order valence-electron chi connectivity index (χ0n) is 8.85. The molecule has 0 aliphatic heterocycles. The molecule has 0 saturated carbocycles. The highest BCUT2D eigenvalue weighted by Gasteiger charge is 2.04. The van der Waals surface area contributed by atoms with Gasteiger partial charge in [-0.15, -0.1) is 0 Å². The fourth-order valence-electron chi connectivity index (χ4n) is 1.40. The lowest BCUT2D eigenvalue weighted by molar-refractivity contribution is 1.32. The van der Waals surface area contributed by atoms with Crippen molar-refractivity contribution in [1.29, 1.82) is 0 Å². The van der Waals surface area contributed by atoms with Crippen molar-refractivity contribution >= 4 is 40.2 Å². The Morgan fingerprint density at radius 2 is 2.12 bits per heavy atom. The van der Waals surface area contributed by atoms with Crippen molar-refractivity contribution in [3.8, 4) is 0 Å². The molecule has 0 radical (unpaired) electrons. The van der Waals surface area contributed by atoms with E-state index in [4.69, 9.17) is 29.6 Å². The second-order valence-corrected chi connectivity index (χ2v) is 4.27. The molecule has 2 aromatic rings. The summed E-state index contributed by atoms with van der Waals surface area (Å²) in [5.74, 6) is 0. The molecule has 3 N–H and O–H groups in total. The standard InChI is InChI=1S/C12H10ClN3S/c13-11-6-8(3-4-10(11)12(14)17)16-9-2-1-5-15-7-9/h1-7,16H,(H2,14,17). The summed E-state index contributed by atoms with van der Waals surface area (Å²) in [4.78, 5) is 4.31. The van der Waals surface area contributed by atoms with E-state index < -0.39 is 0 Å². The quantitative estimate of drug-likeness (QED) is 0.836. The molecule has 1 aromatic heterocycles. The predicted octanol–water partition coefficient (Wildman–Crippen LogP) is 3.11. The Kier molecular flexibility index (Phi) is 3.56. The number of nitrogens with one attached hydrogen (secondary N) is 1. The summed E-state index contributed by atoms with van der Waals surface area (Å²) >= 11 is 11.0. The topological polar surface area (TPSA) is 50.9 Å². The van der Waals surface area contributed by atoms with E-state index in [-0.39, 0.29) is 0 Å². The van der Waals surface area contributed by atoms with E-state index in [1.165, 1.54) is 0 Å². The molecule has 0 amide bonds. The second-order valence-electron chi connectivity index (χ2n) is 3.43. The van der Waals surface area contributed by atoms with Crippen molar-refractivity contribution in [3.05, 3.63) is 53.3 Å². The third-order valence-corrected chi connectivity index (χ3v) is 2.72. The molecule has 3 nitrogen and oxygen atoms in total. The number of pyridine rings is 1. The van der Waals surface area contributed by atoms with E-state index in [2.05, 4.69) is 10.3 Å². The van der Waals surface area contributed by atoms with E-state index >= 15 is 0 Å². The number of benzene rings is 1. The molecule has 0 spiro atoms. The van der Waals surface area contributed by atoms with Crippen LogP contribution >= 0.6 is 23.8 Å². The fourth-order valence-corrected chi connectivity index (χ4v) is 1.91. The minimum atomic E-state index is 0.294. The van der Waals surface area contributed by atoms with Gasteiger partial charge in [0.1, 0.15) is 4.99 Å². The van der Waals surface area contributed by atoms with Gasteiger partial charge in [-0.2, -0.15) is 0 Å². The normalized spacial score (nSPS) is 9.94. The maximum atomic E-state index is 6.07. The summed E-state index contributed by atoms with van der Waals surface area (Å²) in [6, 6.07) is 9.22. The molecule has 5 heteroatoms. The van der Waals surface area contributed by atoms with Crippen molar-refractivity contribution < 1.29 is 0 Å². The number of halogens is 1. The van der Waals surface area contributed by atoms with Crippen LogP contribution in [0.1, 0.15) is 5.56 Å². The minimum absolute atomic E-state index is 0.294. The van der Waals surface area contributed by atoms with E-state index in [1.54, 1.807) is 24.5 Å². The number of rotatable bonds is 3. The smallest absolute Gasteiger partial charge is 0.105 e. The Morgan fingerprint density at radius 3 is 2.71 bits per heavy atom. The van der Waals surface area contributed by atoms with Gasteiger partial charge in [-0.3, -0.25) is 4.98 Å². The average Bonchev–Trinajstić information content (AvgIpc) is 2.30. The molecule has 0 aliphatic rings. The van der Waals surface area contributed by atoms with Crippen LogP contribution in [0.2, 0.25) is 5.02 Å². The predicted molar refractivity (Wildman–Crippen MR) is 74.9 cm³/mol.